The third kappa shape index (κ3) is 2.12. The van der Waals surface area contributed by atoms with Crippen LogP contribution in [0.4, 0.5) is 0 Å². The minimum Gasteiger partial charge on any atom is -0.497 e. The number of benzene rings is 1. The molecule has 0 aromatic heterocycles. The Bertz CT molecular complexity index is 701. The number of allylic oxidation sites excluding steroid dienone is 1. The molecular formula is C19H20O4. The topological polar surface area (TPSA) is 52.6 Å². The second-order valence-electron chi connectivity index (χ2n) is 6.87. The maximum absolute atomic E-state index is 12.7. The first-order valence-electron chi connectivity index (χ1n) is 8.21. The van der Waals surface area contributed by atoms with Crippen LogP contribution in [0.2, 0.25) is 0 Å². The van der Waals surface area contributed by atoms with Crippen molar-refractivity contribution in [2.75, 3.05) is 7.11 Å². The van der Waals surface area contributed by atoms with Crippen LogP contribution in [0.5, 0.6) is 11.5 Å². The van der Waals surface area contributed by atoms with Gasteiger partial charge in [-0.25, -0.2) is 4.79 Å². The summed E-state index contributed by atoms with van der Waals surface area (Å²) >= 11 is 0. The zero-order valence-corrected chi connectivity index (χ0v) is 13.4. The van der Waals surface area contributed by atoms with Crippen molar-refractivity contribution < 1.29 is 19.1 Å². The van der Waals surface area contributed by atoms with Crippen molar-refractivity contribution in [2.24, 2.45) is 23.7 Å². The lowest BCUT2D eigenvalue weighted by Gasteiger charge is -2.24. The van der Waals surface area contributed by atoms with Gasteiger partial charge in [0.25, 0.3) is 0 Å². The van der Waals surface area contributed by atoms with Crippen molar-refractivity contribution in [3.8, 4) is 11.5 Å². The summed E-state index contributed by atoms with van der Waals surface area (Å²) in [5, 5.41) is 0. The SMILES string of the molecule is COc1ccc(OC(=O)C2=C(C)[C@H]3[C@@H]4CC[C@@H](C4)[C@H]3C2=O)cc1. The molecule has 0 N–H and O–H groups in total. The Morgan fingerprint density at radius 1 is 1.04 bits per heavy atom. The number of Topliss-reactive ketones (excluding diaryl/α,β-unsaturated/α-hetero) is 1. The monoisotopic (exact) mass is 312 g/mol. The van der Waals surface area contributed by atoms with Gasteiger partial charge in [-0.3, -0.25) is 4.79 Å². The Labute approximate surface area is 135 Å². The lowest BCUT2D eigenvalue weighted by Crippen LogP contribution is -2.26. The predicted molar refractivity (Wildman–Crippen MR) is 84.1 cm³/mol. The van der Waals surface area contributed by atoms with Crippen LogP contribution in [-0.4, -0.2) is 18.9 Å². The van der Waals surface area contributed by atoms with Crippen LogP contribution in [-0.2, 0) is 9.59 Å². The number of carbonyl (C=O) groups is 2. The second-order valence-corrected chi connectivity index (χ2v) is 6.87. The molecule has 0 aliphatic heterocycles. The number of ketones is 1. The first kappa shape index (κ1) is 14.5. The summed E-state index contributed by atoms with van der Waals surface area (Å²) in [4.78, 5) is 25.3. The zero-order chi connectivity index (χ0) is 16.1. The van der Waals surface area contributed by atoms with Crippen molar-refractivity contribution in [1.82, 2.24) is 0 Å². The first-order valence-corrected chi connectivity index (χ1v) is 8.21. The summed E-state index contributed by atoms with van der Waals surface area (Å²) in [7, 11) is 1.58. The lowest BCUT2D eigenvalue weighted by molar-refractivity contribution is -0.133. The standard InChI is InChI=1S/C19H20O4/c1-10-15-11-3-4-12(9-11)17(15)18(20)16(10)19(21)23-14-7-5-13(22-2)6-8-14/h5-8,11-12,15,17H,3-4,9H2,1-2H3/t11-,12+,15+,17-/m1/s1. The fourth-order valence-corrected chi connectivity index (χ4v) is 4.88. The van der Waals surface area contributed by atoms with Gasteiger partial charge >= 0.3 is 5.97 Å². The van der Waals surface area contributed by atoms with Gasteiger partial charge in [0.15, 0.2) is 5.78 Å². The van der Waals surface area contributed by atoms with Crippen LogP contribution >= 0.6 is 0 Å². The Kier molecular flexibility index (Phi) is 3.29. The predicted octanol–water partition coefficient (Wildman–Crippen LogP) is 3.16. The maximum Gasteiger partial charge on any atom is 0.347 e. The summed E-state index contributed by atoms with van der Waals surface area (Å²) in [5.74, 6) is 2.00. The van der Waals surface area contributed by atoms with Crippen molar-refractivity contribution in [1.29, 1.82) is 0 Å². The molecule has 1 aromatic rings. The van der Waals surface area contributed by atoms with Crippen LogP contribution in [0.15, 0.2) is 35.4 Å². The average Bonchev–Trinajstić information content (AvgIpc) is 3.22. The molecule has 120 valence electrons. The van der Waals surface area contributed by atoms with Gasteiger partial charge in [0.1, 0.15) is 17.1 Å². The molecule has 3 aliphatic carbocycles. The largest absolute Gasteiger partial charge is 0.497 e. The number of hydrogen-bond acceptors (Lipinski definition) is 4. The van der Waals surface area contributed by atoms with Gasteiger partial charge in [0, 0.05) is 5.92 Å². The molecule has 0 radical (unpaired) electrons. The van der Waals surface area contributed by atoms with Crippen molar-refractivity contribution in [3.63, 3.8) is 0 Å². The highest BCUT2D eigenvalue weighted by atomic mass is 16.5. The summed E-state index contributed by atoms with van der Waals surface area (Å²) in [6.07, 6.45) is 3.47. The quantitative estimate of drug-likeness (QED) is 0.489. The number of hydrogen-bond donors (Lipinski definition) is 0. The highest BCUT2D eigenvalue weighted by molar-refractivity contribution is 6.21. The van der Waals surface area contributed by atoms with Gasteiger partial charge in [-0.1, -0.05) is 5.57 Å². The number of rotatable bonds is 3. The number of methoxy groups -OCH3 is 1. The molecule has 23 heavy (non-hydrogen) atoms. The summed E-state index contributed by atoms with van der Waals surface area (Å²) in [6, 6.07) is 6.82. The van der Waals surface area contributed by atoms with E-state index in [0.717, 1.165) is 18.4 Å². The maximum atomic E-state index is 12.7. The highest BCUT2D eigenvalue weighted by Gasteiger charge is 2.57. The number of carbonyl (C=O) groups excluding carboxylic acids is 2. The molecule has 0 unspecified atom stereocenters. The molecule has 0 heterocycles. The molecule has 2 bridgehead atoms. The molecule has 4 atom stereocenters. The number of fused-ring (bicyclic) bond motifs is 5. The van der Waals surface area contributed by atoms with Gasteiger partial charge < -0.3 is 9.47 Å². The third-order valence-corrected chi connectivity index (χ3v) is 5.83. The van der Waals surface area contributed by atoms with E-state index in [1.807, 2.05) is 6.92 Å². The number of esters is 1. The molecule has 0 saturated heterocycles. The zero-order valence-electron chi connectivity index (χ0n) is 13.4. The third-order valence-electron chi connectivity index (χ3n) is 5.83. The van der Waals surface area contributed by atoms with Gasteiger partial charge in [-0.15, -0.1) is 0 Å². The van der Waals surface area contributed by atoms with Gasteiger partial charge in [-0.2, -0.15) is 0 Å². The van der Waals surface area contributed by atoms with E-state index >= 15 is 0 Å². The average molecular weight is 312 g/mol. The lowest BCUT2D eigenvalue weighted by atomic mass is 9.79. The summed E-state index contributed by atoms with van der Waals surface area (Å²) < 4.78 is 10.5. The molecular weight excluding hydrogens is 292 g/mol. The van der Waals surface area contributed by atoms with Crippen LogP contribution < -0.4 is 9.47 Å². The van der Waals surface area contributed by atoms with Gasteiger partial charge in [0.2, 0.25) is 0 Å². The Balaban J connectivity index is 1.57. The molecule has 1 aromatic carbocycles. The second kappa shape index (κ2) is 5.22. The van der Waals surface area contributed by atoms with E-state index in [1.54, 1.807) is 31.4 Å². The van der Waals surface area contributed by atoms with E-state index in [0.29, 0.717) is 28.9 Å². The van der Waals surface area contributed by atoms with Crippen molar-refractivity contribution >= 4 is 11.8 Å². The smallest absolute Gasteiger partial charge is 0.347 e. The van der Waals surface area contributed by atoms with Crippen LogP contribution in [0.1, 0.15) is 26.2 Å². The van der Waals surface area contributed by atoms with Gasteiger partial charge in [-0.05, 0) is 68.2 Å². The highest BCUT2D eigenvalue weighted by Crippen LogP contribution is 2.59. The molecule has 4 heteroatoms. The molecule has 0 amide bonds. The van der Waals surface area contributed by atoms with Crippen LogP contribution in [0.25, 0.3) is 0 Å². The van der Waals surface area contributed by atoms with Crippen molar-refractivity contribution in [3.05, 3.63) is 35.4 Å². The van der Waals surface area contributed by atoms with E-state index in [4.69, 9.17) is 9.47 Å². The normalized spacial score (nSPS) is 31.5. The van der Waals surface area contributed by atoms with E-state index in [-0.39, 0.29) is 17.6 Å². The summed E-state index contributed by atoms with van der Waals surface area (Å²) in [6.45, 7) is 1.94. The molecule has 0 spiro atoms. The van der Waals surface area contributed by atoms with E-state index in [2.05, 4.69) is 0 Å². The van der Waals surface area contributed by atoms with Crippen LogP contribution in [0.3, 0.4) is 0 Å². The number of ether oxygens (including phenoxy) is 2. The fourth-order valence-electron chi connectivity index (χ4n) is 4.88. The van der Waals surface area contributed by atoms with E-state index in [9.17, 15) is 9.59 Å². The Hall–Kier alpha value is -2.10. The van der Waals surface area contributed by atoms with Crippen molar-refractivity contribution in [2.45, 2.75) is 26.2 Å². The molecule has 2 saturated carbocycles. The minimum atomic E-state index is -0.508. The molecule has 2 fully saturated rings. The Morgan fingerprint density at radius 3 is 2.26 bits per heavy atom. The Morgan fingerprint density at radius 2 is 1.65 bits per heavy atom. The molecule has 4 nitrogen and oxygen atoms in total. The molecule has 4 rings (SSSR count). The van der Waals surface area contributed by atoms with E-state index in [1.165, 1.54) is 6.42 Å². The van der Waals surface area contributed by atoms with Crippen LogP contribution in [0, 0.1) is 23.7 Å². The fraction of sp³-hybridized carbons (Fsp3) is 0.474. The minimum absolute atomic E-state index is 0.0122. The first-order chi connectivity index (χ1) is 11.1. The van der Waals surface area contributed by atoms with E-state index < -0.39 is 5.97 Å². The van der Waals surface area contributed by atoms with Gasteiger partial charge in [0.05, 0.1) is 7.11 Å². The summed E-state index contributed by atoms with van der Waals surface area (Å²) in [5.41, 5.74) is 1.25. The molecule has 3 aliphatic rings.